The van der Waals surface area contributed by atoms with E-state index in [0.717, 1.165) is 18.5 Å². The molecule has 1 aliphatic heterocycles. The number of piperazine rings is 1. The Hall–Kier alpha value is -0.380. The summed E-state index contributed by atoms with van der Waals surface area (Å²) in [5.41, 5.74) is 1.50. The van der Waals surface area contributed by atoms with Crippen LogP contribution in [0.25, 0.3) is 0 Å². The maximum atomic E-state index is 3.75. The first-order valence-corrected chi connectivity index (χ1v) is 8.67. The van der Waals surface area contributed by atoms with Gasteiger partial charge in [0.05, 0.1) is 0 Å². The molecule has 1 aromatic rings. The van der Waals surface area contributed by atoms with Crippen molar-refractivity contribution in [1.29, 1.82) is 0 Å². The van der Waals surface area contributed by atoms with Gasteiger partial charge in [-0.1, -0.05) is 27.2 Å². The van der Waals surface area contributed by atoms with Crippen LogP contribution in [0.1, 0.15) is 39.2 Å². The monoisotopic (exact) mass is 280 g/mol. The Bertz CT molecular complexity index is 350. The SMILES string of the molecule is CCC(C)C1CN(CCc2ccsc2)C(CC)CN1. The van der Waals surface area contributed by atoms with Crippen LogP contribution >= 0.6 is 11.3 Å². The van der Waals surface area contributed by atoms with Crippen LogP contribution in [0.2, 0.25) is 0 Å². The van der Waals surface area contributed by atoms with E-state index in [-0.39, 0.29) is 0 Å². The lowest BCUT2D eigenvalue weighted by Gasteiger charge is -2.42. The second-order valence-electron chi connectivity index (χ2n) is 5.84. The third-order valence-electron chi connectivity index (χ3n) is 4.63. The zero-order valence-corrected chi connectivity index (χ0v) is 13.4. The van der Waals surface area contributed by atoms with Gasteiger partial charge in [0.1, 0.15) is 0 Å². The summed E-state index contributed by atoms with van der Waals surface area (Å²) in [5.74, 6) is 0.779. The largest absolute Gasteiger partial charge is 0.311 e. The first-order valence-electron chi connectivity index (χ1n) is 7.73. The summed E-state index contributed by atoms with van der Waals surface area (Å²) < 4.78 is 0. The Morgan fingerprint density at radius 2 is 2.32 bits per heavy atom. The highest BCUT2D eigenvalue weighted by molar-refractivity contribution is 7.07. The molecule has 3 atom stereocenters. The van der Waals surface area contributed by atoms with Crippen molar-refractivity contribution in [2.45, 2.75) is 52.1 Å². The predicted octanol–water partition coefficient (Wildman–Crippen LogP) is 3.39. The van der Waals surface area contributed by atoms with E-state index in [2.05, 4.69) is 47.8 Å². The Balaban J connectivity index is 1.90. The maximum Gasteiger partial charge on any atom is 0.0221 e. The lowest BCUT2D eigenvalue weighted by atomic mass is 9.94. The van der Waals surface area contributed by atoms with Crippen LogP contribution in [-0.4, -0.2) is 36.6 Å². The highest BCUT2D eigenvalue weighted by Crippen LogP contribution is 2.18. The molecular formula is C16H28N2S. The van der Waals surface area contributed by atoms with Gasteiger partial charge in [0.2, 0.25) is 0 Å². The molecule has 0 aromatic carbocycles. The fourth-order valence-electron chi connectivity index (χ4n) is 2.93. The minimum atomic E-state index is 0.676. The number of rotatable bonds is 6. The maximum absolute atomic E-state index is 3.75. The molecule has 0 bridgehead atoms. The summed E-state index contributed by atoms with van der Waals surface area (Å²) in [6, 6.07) is 3.66. The first kappa shape index (κ1) is 15.0. The van der Waals surface area contributed by atoms with Crippen LogP contribution in [0, 0.1) is 5.92 Å². The first-order chi connectivity index (χ1) is 9.24. The fourth-order valence-corrected chi connectivity index (χ4v) is 3.64. The van der Waals surface area contributed by atoms with Gasteiger partial charge in [-0.15, -0.1) is 0 Å². The smallest absolute Gasteiger partial charge is 0.0221 e. The fraction of sp³-hybridized carbons (Fsp3) is 0.750. The third-order valence-corrected chi connectivity index (χ3v) is 5.37. The molecule has 0 amide bonds. The van der Waals surface area contributed by atoms with Crippen LogP contribution < -0.4 is 5.32 Å². The highest BCUT2D eigenvalue weighted by Gasteiger charge is 2.28. The predicted molar refractivity (Wildman–Crippen MR) is 84.9 cm³/mol. The minimum absolute atomic E-state index is 0.676. The Kier molecular flexibility index (Phi) is 5.86. The summed E-state index contributed by atoms with van der Waals surface area (Å²) >= 11 is 1.81. The van der Waals surface area contributed by atoms with Crippen LogP contribution in [0.3, 0.4) is 0 Å². The molecule has 0 aliphatic carbocycles. The number of hydrogen-bond donors (Lipinski definition) is 1. The van der Waals surface area contributed by atoms with Gasteiger partial charge >= 0.3 is 0 Å². The molecule has 3 heteroatoms. The Morgan fingerprint density at radius 3 is 2.95 bits per heavy atom. The van der Waals surface area contributed by atoms with Crippen molar-refractivity contribution in [2.75, 3.05) is 19.6 Å². The highest BCUT2D eigenvalue weighted by atomic mass is 32.1. The van der Waals surface area contributed by atoms with E-state index in [1.807, 2.05) is 11.3 Å². The van der Waals surface area contributed by atoms with Crippen molar-refractivity contribution in [3.63, 3.8) is 0 Å². The summed E-state index contributed by atoms with van der Waals surface area (Å²) in [4.78, 5) is 2.71. The normalized spacial score (nSPS) is 26.5. The van der Waals surface area contributed by atoms with E-state index < -0.39 is 0 Å². The number of nitrogens with zero attached hydrogens (tertiary/aromatic N) is 1. The molecule has 0 saturated carbocycles. The Labute approximate surface area is 122 Å². The molecule has 108 valence electrons. The summed E-state index contributed by atoms with van der Waals surface area (Å²) in [5, 5.41) is 8.23. The molecule has 1 aliphatic rings. The van der Waals surface area contributed by atoms with Gasteiger partial charge in [0, 0.05) is 31.7 Å². The van der Waals surface area contributed by atoms with E-state index in [1.165, 1.54) is 37.9 Å². The number of hydrogen-bond acceptors (Lipinski definition) is 3. The topological polar surface area (TPSA) is 15.3 Å². The lowest BCUT2D eigenvalue weighted by Crippen LogP contribution is -2.58. The number of thiophene rings is 1. The quantitative estimate of drug-likeness (QED) is 0.859. The van der Waals surface area contributed by atoms with E-state index in [9.17, 15) is 0 Å². The Morgan fingerprint density at radius 1 is 1.47 bits per heavy atom. The molecule has 1 N–H and O–H groups in total. The molecule has 1 aromatic heterocycles. The standard InChI is InChI=1S/C16H28N2S/c1-4-13(3)16-11-18(15(5-2)10-17-16)8-6-14-7-9-19-12-14/h7,9,12-13,15-17H,4-6,8,10-11H2,1-3H3. The molecule has 2 nitrogen and oxygen atoms in total. The zero-order chi connectivity index (χ0) is 13.7. The third kappa shape index (κ3) is 4.04. The molecule has 1 saturated heterocycles. The molecule has 0 radical (unpaired) electrons. The second kappa shape index (κ2) is 7.41. The van der Waals surface area contributed by atoms with Gasteiger partial charge in [-0.05, 0) is 41.1 Å². The molecule has 19 heavy (non-hydrogen) atoms. The van der Waals surface area contributed by atoms with E-state index in [1.54, 1.807) is 0 Å². The van der Waals surface area contributed by atoms with Gasteiger partial charge < -0.3 is 5.32 Å². The van der Waals surface area contributed by atoms with Gasteiger partial charge in [-0.3, -0.25) is 4.90 Å². The van der Waals surface area contributed by atoms with Crippen molar-refractivity contribution in [3.05, 3.63) is 22.4 Å². The molecule has 2 rings (SSSR count). The van der Waals surface area contributed by atoms with Crippen molar-refractivity contribution in [3.8, 4) is 0 Å². The molecular weight excluding hydrogens is 252 g/mol. The van der Waals surface area contributed by atoms with Crippen LogP contribution in [0.15, 0.2) is 16.8 Å². The van der Waals surface area contributed by atoms with E-state index >= 15 is 0 Å². The minimum Gasteiger partial charge on any atom is -0.311 e. The molecule has 2 heterocycles. The van der Waals surface area contributed by atoms with Crippen LogP contribution in [0.4, 0.5) is 0 Å². The van der Waals surface area contributed by atoms with Gasteiger partial charge in [-0.2, -0.15) is 11.3 Å². The van der Waals surface area contributed by atoms with Crippen molar-refractivity contribution in [1.82, 2.24) is 10.2 Å². The lowest BCUT2D eigenvalue weighted by molar-refractivity contribution is 0.108. The number of nitrogens with one attached hydrogen (secondary N) is 1. The zero-order valence-electron chi connectivity index (χ0n) is 12.6. The van der Waals surface area contributed by atoms with E-state index in [0.29, 0.717) is 6.04 Å². The van der Waals surface area contributed by atoms with Gasteiger partial charge in [-0.25, -0.2) is 0 Å². The summed E-state index contributed by atoms with van der Waals surface area (Å²) in [6.45, 7) is 10.6. The second-order valence-corrected chi connectivity index (χ2v) is 6.62. The van der Waals surface area contributed by atoms with Gasteiger partial charge in [0.25, 0.3) is 0 Å². The van der Waals surface area contributed by atoms with Crippen LogP contribution in [-0.2, 0) is 6.42 Å². The average Bonchev–Trinajstić information content (AvgIpc) is 2.97. The van der Waals surface area contributed by atoms with Crippen molar-refractivity contribution in [2.24, 2.45) is 5.92 Å². The molecule has 1 fully saturated rings. The van der Waals surface area contributed by atoms with E-state index in [4.69, 9.17) is 0 Å². The van der Waals surface area contributed by atoms with Crippen LogP contribution in [0.5, 0.6) is 0 Å². The van der Waals surface area contributed by atoms with Crippen molar-refractivity contribution >= 4 is 11.3 Å². The molecule has 0 spiro atoms. The molecule has 3 unspecified atom stereocenters. The van der Waals surface area contributed by atoms with Crippen molar-refractivity contribution < 1.29 is 0 Å². The van der Waals surface area contributed by atoms with Gasteiger partial charge in [0.15, 0.2) is 0 Å². The summed E-state index contributed by atoms with van der Waals surface area (Å²) in [6.07, 6.45) is 3.73. The summed E-state index contributed by atoms with van der Waals surface area (Å²) in [7, 11) is 0. The average molecular weight is 280 g/mol.